The van der Waals surface area contributed by atoms with Crippen LogP contribution in [0.15, 0.2) is 66.7 Å². The molecule has 0 saturated heterocycles. The second-order valence-corrected chi connectivity index (χ2v) is 6.19. The summed E-state index contributed by atoms with van der Waals surface area (Å²) < 4.78 is 0. The summed E-state index contributed by atoms with van der Waals surface area (Å²) >= 11 is 0. The Labute approximate surface area is 144 Å². The van der Waals surface area contributed by atoms with Gasteiger partial charge in [-0.15, -0.1) is 0 Å². The monoisotopic (exact) mass is 317 g/mol. The van der Waals surface area contributed by atoms with Crippen LogP contribution in [0.1, 0.15) is 12.2 Å². The van der Waals surface area contributed by atoms with Crippen LogP contribution in [0.4, 0.5) is 0 Å². The predicted octanol–water partition coefficient (Wildman–Crippen LogP) is 4.30. The van der Waals surface area contributed by atoms with Gasteiger partial charge in [0.25, 0.3) is 0 Å². The number of hydrogen-bond acceptors (Lipinski definition) is 3. The van der Waals surface area contributed by atoms with Gasteiger partial charge >= 0.3 is 0 Å². The smallest absolute Gasteiger partial charge is 0.129 e. The summed E-state index contributed by atoms with van der Waals surface area (Å²) in [6.45, 7) is 1.04. The average Bonchev–Trinajstić information content (AvgIpc) is 2.63. The first kappa shape index (κ1) is 16.3. The summed E-state index contributed by atoms with van der Waals surface area (Å²) in [5, 5.41) is 0. The van der Waals surface area contributed by atoms with E-state index in [9.17, 15) is 0 Å². The van der Waals surface area contributed by atoms with Crippen molar-refractivity contribution in [3.8, 4) is 22.5 Å². The van der Waals surface area contributed by atoms with Gasteiger partial charge in [-0.2, -0.15) is 0 Å². The van der Waals surface area contributed by atoms with Crippen LogP contribution in [-0.2, 0) is 6.42 Å². The molecule has 24 heavy (non-hydrogen) atoms. The summed E-state index contributed by atoms with van der Waals surface area (Å²) in [6, 6.07) is 22.7. The fourth-order valence-electron chi connectivity index (χ4n) is 2.68. The Morgan fingerprint density at radius 1 is 0.750 bits per heavy atom. The Bertz CT molecular complexity index is 710. The van der Waals surface area contributed by atoms with Crippen molar-refractivity contribution >= 4 is 0 Å². The summed E-state index contributed by atoms with van der Waals surface area (Å²) in [5.74, 6) is 0.914. The molecule has 0 bridgehead atoms. The van der Waals surface area contributed by atoms with Crippen molar-refractivity contribution in [1.29, 1.82) is 0 Å². The molecular weight excluding hydrogens is 294 g/mol. The average molecular weight is 317 g/mol. The first-order chi connectivity index (χ1) is 11.7. The Morgan fingerprint density at radius 3 is 1.71 bits per heavy atom. The van der Waals surface area contributed by atoms with E-state index in [1.54, 1.807) is 0 Å². The van der Waals surface area contributed by atoms with Crippen LogP contribution in [0.3, 0.4) is 0 Å². The van der Waals surface area contributed by atoms with E-state index in [1.165, 1.54) is 0 Å². The molecule has 0 unspecified atom stereocenters. The van der Waals surface area contributed by atoms with Crippen molar-refractivity contribution in [1.82, 2.24) is 14.9 Å². The molecule has 3 nitrogen and oxygen atoms in total. The second-order valence-electron chi connectivity index (χ2n) is 6.19. The van der Waals surface area contributed by atoms with Crippen LogP contribution >= 0.6 is 0 Å². The molecule has 0 amide bonds. The molecule has 0 atom stereocenters. The topological polar surface area (TPSA) is 29.0 Å². The van der Waals surface area contributed by atoms with E-state index in [1.807, 2.05) is 36.4 Å². The molecule has 3 heteroatoms. The van der Waals surface area contributed by atoms with E-state index in [2.05, 4.69) is 49.3 Å². The maximum Gasteiger partial charge on any atom is 0.129 e. The van der Waals surface area contributed by atoms with Gasteiger partial charge in [0.05, 0.1) is 11.4 Å². The lowest BCUT2D eigenvalue weighted by Gasteiger charge is -2.11. The van der Waals surface area contributed by atoms with Gasteiger partial charge in [0.2, 0.25) is 0 Å². The van der Waals surface area contributed by atoms with Crippen LogP contribution in [0.5, 0.6) is 0 Å². The van der Waals surface area contributed by atoms with E-state index in [0.29, 0.717) is 0 Å². The third kappa shape index (κ3) is 4.27. The molecule has 0 spiro atoms. The highest BCUT2D eigenvalue weighted by atomic mass is 15.0. The molecule has 2 aromatic carbocycles. The van der Waals surface area contributed by atoms with E-state index in [4.69, 9.17) is 9.97 Å². The minimum absolute atomic E-state index is 0.888. The first-order valence-corrected chi connectivity index (χ1v) is 8.36. The predicted molar refractivity (Wildman–Crippen MR) is 99.8 cm³/mol. The minimum Gasteiger partial charge on any atom is -0.309 e. The summed E-state index contributed by atoms with van der Waals surface area (Å²) in [6.07, 6.45) is 1.94. The van der Waals surface area contributed by atoms with Crippen molar-refractivity contribution in [2.45, 2.75) is 12.8 Å². The molecule has 1 heterocycles. The zero-order valence-electron chi connectivity index (χ0n) is 14.3. The van der Waals surface area contributed by atoms with Gasteiger partial charge in [-0.3, -0.25) is 0 Å². The zero-order chi connectivity index (χ0) is 16.8. The maximum absolute atomic E-state index is 4.80. The van der Waals surface area contributed by atoms with Gasteiger partial charge in [-0.25, -0.2) is 9.97 Å². The molecule has 0 N–H and O–H groups in total. The maximum atomic E-state index is 4.80. The van der Waals surface area contributed by atoms with Gasteiger partial charge in [-0.1, -0.05) is 60.7 Å². The molecule has 122 valence electrons. The zero-order valence-corrected chi connectivity index (χ0v) is 14.3. The highest BCUT2D eigenvalue weighted by Gasteiger charge is 2.08. The normalized spacial score (nSPS) is 11.0. The highest BCUT2D eigenvalue weighted by Crippen LogP contribution is 2.24. The molecule has 3 rings (SSSR count). The number of aryl methyl sites for hydroxylation is 1. The number of benzene rings is 2. The van der Waals surface area contributed by atoms with Crippen LogP contribution < -0.4 is 0 Å². The van der Waals surface area contributed by atoms with Gasteiger partial charge in [0.15, 0.2) is 0 Å². The van der Waals surface area contributed by atoms with Gasteiger partial charge in [-0.05, 0) is 33.1 Å². The Morgan fingerprint density at radius 2 is 1.25 bits per heavy atom. The standard InChI is InChI=1S/C21H23N3/c1-24(2)15-9-14-21-22-19(17-10-5-3-6-11-17)16-20(23-21)18-12-7-4-8-13-18/h3-8,10-13,16H,9,14-15H2,1-2H3. The van der Waals surface area contributed by atoms with Gasteiger partial charge in [0, 0.05) is 17.5 Å². The number of rotatable bonds is 6. The third-order valence-electron chi connectivity index (χ3n) is 3.92. The van der Waals surface area contributed by atoms with E-state index < -0.39 is 0 Å². The molecule has 0 saturated carbocycles. The summed E-state index contributed by atoms with van der Waals surface area (Å²) in [5.41, 5.74) is 4.24. The molecule has 0 aliphatic heterocycles. The lowest BCUT2D eigenvalue weighted by molar-refractivity contribution is 0.398. The molecular formula is C21H23N3. The molecule has 0 aliphatic rings. The lowest BCUT2D eigenvalue weighted by atomic mass is 10.1. The molecule has 0 aliphatic carbocycles. The van der Waals surface area contributed by atoms with Crippen molar-refractivity contribution in [2.75, 3.05) is 20.6 Å². The number of nitrogens with zero attached hydrogens (tertiary/aromatic N) is 3. The first-order valence-electron chi connectivity index (χ1n) is 8.36. The fraction of sp³-hybridized carbons (Fsp3) is 0.238. The van der Waals surface area contributed by atoms with E-state index in [0.717, 1.165) is 47.7 Å². The van der Waals surface area contributed by atoms with Crippen LogP contribution in [0, 0.1) is 0 Å². The Kier molecular flexibility index (Phi) is 5.34. The largest absolute Gasteiger partial charge is 0.309 e. The van der Waals surface area contributed by atoms with Crippen LogP contribution in [-0.4, -0.2) is 35.5 Å². The number of hydrogen-bond donors (Lipinski definition) is 0. The summed E-state index contributed by atoms with van der Waals surface area (Å²) in [4.78, 5) is 11.8. The SMILES string of the molecule is CN(C)CCCc1nc(-c2ccccc2)cc(-c2ccccc2)n1. The number of aromatic nitrogens is 2. The Hall–Kier alpha value is -2.52. The Balaban J connectivity index is 1.96. The van der Waals surface area contributed by atoms with Crippen molar-refractivity contribution in [2.24, 2.45) is 0 Å². The van der Waals surface area contributed by atoms with Crippen molar-refractivity contribution in [3.05, 3.63) is 72.6 Å². The molecule has 0 fully saturated rings. The van der Waals surface area contributed by atoms with Crippen LogP contribution in [0.25, 0.3) is 22.5 Å². The highest BCUT2D eigenvalue weighted by molar-refractivity contribution is 5.67. The summed E-state index contributed by atoms with van der Waals surface area (Å²) in [7, 11) is 4.19. The minimum atomic E-state index is 0.888. The van der Waals surface area contributed by atoms with Gasteiger partial charge in [0.1, 0.15) is 5.82 Å². The lowest BCUT2D eigenvalue weighted by Crippen LogP contribution is -2.14. The molecule has 1 aromatic heterocycles. The van der Waals surface area contributed by atoms with Gasteiger partial charge < -0.3 is 4.90 Å². The van der Waals surface area contributed by atoms with Crippen molar-refractivity contribution < 1.29 is 0 Å². The second kappa shape index (κ2) is 7.84. The molecule has 0 radical (unpaired) electrons. The molecule has 3 aromatic rings. The quantitative estimate of drug-likeness (QED) is 0.678. The van der Waals surface area contributed by atoms with E-state index >= 15 is 0 Å². The van der Waals surface area contributed by atoms with Crippen molar-refractivity contribution in [3.63, 3.8) is 0 Å². The van der Waals surface area contributed by atoms with E-state index in [-0.39, 0.29) is 0 Å². The fourth-order valence-corrected chi connectivity index (χ4v) is 2.68. The third-order valence-corrected chi connectivity index (χ3v) is 3.92. The van der Waals surface area contributed by atoms with Crippen LogP contribution in [0.2, 0.25) is 0 Å².